The number of thioether (sulfide) groups is 1. The van der Waals surface area contributed by atoms with Gasteiger partial charge in [0.15, 0.2) is 0 Å². The molecule has 2 heterocycles. The van der Waals surface area contributed by atoms with E-state index < -0.39 is 4.87 Å². The molecule has 172 valence electrons. The molecule has 3 aromatic carbocycles. The average Bonchev–Trinajstić information content (AvgIpc) is 3.31. The molecule has 0 aromatic heterocycles. The summed E-state index contributed by atoms with van der Waals surface area (Å²) in [5, 5.41) is 2.89. The Hall–Kier alpha value is -3.58. The Morgan fingerprint density at radius 1 is 1.00 bits per heavy atom. The Bertz CT molecular complexity index is 1270. The van der Waals surface area contributed by atoms with E-state index in [-0.39, 0.29) is 30.0 Å². The average molecular weight is 472 g/mol. The number of amides is 3. The van der Waals surface area contributed by atoms with Crippen molar-refractivity contribution in [1.82, 2.24) is 0 Å². The highest BCUT2D eigenvalue weighted by Crippen LogP contribution is 2.55. The van der Waals surface area contributed by atoms with Gasteiger partial charge in [-0.2, -0.15) is 0 Å². The van der Waals surface area contributed by atoms with E-state index in [1.165, 1.54) is 22.2 Å². The smallest absolute Gasteiger partial charge is 0.269 e. The zero-order valence-corrected chi connectivity index (χ0v) is 19.9. The molecule has 2 aliphatic rings. The minimum absolute atomic E-state index is 0.126. The first-order valence-electron chi connectivity index (χ1n) is 11.3. The quantitative estimate of drug-likeness (QED) is 0.596. The molecule has 3 aromatic rings. The number of para-hydroxylation sites is 1. The summed E-state index contributed by atoms with van der Waals surface area (Å²) >= 11 is 1.31. The molecule has 2 aliphatic heterocycles. The van der Waals surface area contributed by atoms with Gasteiger partial charge in [-0.1, -0.05) is 55.0 Å². The van der Waals surface area contributed by atoms with Crippen LogP contribution in [0.1, 0.15) is 23.6 Å². The van der Waals surface area contributed by atoms with Crippen LogP contribution >= 0.6 is 11.8 Å². The van der Waals surface area contributed by atoms with Crippen molar-refractivity contribution in [2.24, 2.45) is 0 Å². The lowest BCUT2D eigenvalue weighted by atomic mass is 10.0. The molecule has 1 saturated heterocycles. The van der Waals surface area contributed by atoms with Crippen molar-refractivity contribution in [1.29, 1.82) is 0 Å². The number of nitrogens with zero attached hydrogens (tertiary/aromatic N) is 2. The molecule has 0 radical (unpaired) electrons. The summed E-state index contributed by atoms with van der Waals surface area (Å²) in [7, 11) is 0. The lowest BCUT2D eigenvalue weighted by molar-refractivity contribution is -0.124. The molecule has 1 atom stereocenters. The number of nitrogens with one attached hydrogen (secondary N) is 1. The SMILES string of the molecule is CCc1ccc(NC(=O)CN2C(=O)[C@@]3(SCC(=O)N3c3ccc(C)cc3)c3ccccc32)cc1. The van der Waals surface area contributed by atoms with E-state index in [9.17, 15) is 14.4 Å². The number of fused-ring (bicyclic) bond motifs is 2. The largest absolute Gasteiger partial charge is 0.325 e. The summed E-state index contributed by atoms with van der Waals surface area (Å²) in [5.74, 6) is -0.501. The zero-order chi connectivity index (χ0) is 23.9. The molecule has 34 heavy (non-hydrogen) atoms. The van der Waals surface area contributed by atoms with Gasteiger partial charge < -0.3 is 5.32 Å². The van der Waals surface area contributed by atoms with Gasteiger partial charge in [-0.05, 0) is 49.2 Å². The summed E-state index contributed by atoms with van der Waals surface area (Å²) in [4.78, 5) is 41.9. The second kappa shape index (κ2) is 8.65. The third-order valence-corrected chi connectivity index (χ3v) is 7.69. The van der Waals surface area contributed by atoms with Gasteiger partial charge >= 0.3 is 0 Å². The fourth-order valence-corrected chi connectivity index (χ4v) is 5.93. The second-order valence-corrected chi connectivity index (χ2v) is 9.67. The number of aryl methyl sites for hydroxylation is 2. The van der Waals surface area contributed by atoms with Gasteiger partial charge in [0, 0.05) is 16.9 Å². The summed E-state index contributed by atoms with van der Waals surface area (Å²) in [6, 6.07) is 22.7. The van der Waals surface area contributed by atoms with Crippen molar-refractivity contribution in [3.05, 3.63) is 89.5 Å². The summed E-state index contributed by atoms with van der Waals surface area (Å²) in [6.07, 6.45) is 0.920. The van der Waals surface area contributed by atoms with E-state index in [1.54, 1.807) is 4.90 Å². The Labute approximate surface area is 202 Å². The fraction of sp³-hybridized carbons (Fsp3) is 0.222. The minimum Gasteiger partial charge on any atom is -0.325 e. The Kier molecular flexibility index (Phi) is 5.65. The van der Waals surface area contributed by atoms with Crippen LogP contribution in [0, 0.1) is 6.92 Å². The predicted octanol–water partition coefficient (Wildman–Crippen LogP) is 4.48. The highest BCUT2D eigenvalue weighted by Gasteiger charge is 2.61. The van der Waals surface area contributed by atoms with Gasteiger partial charge in [0.25, 0.3) is 5.91 Å². The molecule has 0 saturated carbocycles. The maximum absolute atomic E-state index is 14.0. The molecular formula is C27H25N3O3S. The number of hydrogen-bond donors (Lipinski definition) is 1. The number of rotatable bonds is 5. The maximum atomic E-state index is 14.0. The van der Waals surface area contributed by atoms with E-state index in [0.717, 1.165) is 17.5 Å². The van der Waals surface area contributed by atoms with Gasteiger partial charge in [-0.15, -0.1) is 11.8 Å². The predicted molar refractivity (Wildman–Crippen MR) is 136 cm³/mol. The van der Waals surface area contributed by atoms with E-state index in [4.69, 9.17) is 0 Å². The number of hydrogen-bond acceptors (Lipinski definition) is 4. The third kappa shape index (κ3) is 3.56. The Morgan fingerprint density at radius 2 is 1.71 bits per heavy atom. The summed E-state index contributed by atoms with van der Waals surface area (Å²) in [5.41, 5.74) is 5.00. The first kappa shape index (κ1) is 22.2. The highest BCUT2D eigenvalue weighted by atomic mass is 32.2. The number of carbonyl (C=O) groups is 3. The summed E-state index contributed by atoms with van der Waals surface area (Å²) in [6.45, 7) is 3.92. The monoisotopic (exact) mass is 471 g/mol. The molecule has 1 spiro atoms. The second-order valence-electron chi connectivity index (χ2n) is 8.50. The third-order valence-electron chi connectivity index (χ3n) is 6.30. The molecule has 1 N–H and O–H groups in total. The lowest BCUT2D eigenvalue weighted by Gasteiger charge is -2.33. The number of carbonyl (C=O) groups excluding carboxylic acids is 3. The van der Waals surface area contributed by atoms with Gasteiger partial charge in [0.2, 0.25) is 16.7 Å². The van der Waals surface area contributed by atoms with Crippen molar-refractivity contribution < 1.29 is 14.4 Å². The van der Waals surface area contributed by atoms with Crippen LogP contribution in [-0.2, 0) is 25.7 Å². The molecule has 0 bridgehead atoms. The topological polar surface area (TPSA) is 69.7 Å². The van der Waals surface area contributed by atoms with E-state index in [1.807, 2.05) is 79.7 Å². The molecular weight excluding hydrogens is 446 g/mol. The van der Waals surface area contributed by atoms with Crippen molar-refractivity contribution in [3.8, 4) is 0 Å². The number of anilines is 3. The van der Waals surface area contributed by atoms with E-state index in [2.05, 4.69) is 12.2 Å². The van der Waals surface area contributed by atoms with Crippen molar-refractivity contribution >= 4 is 46.5 Å². The van der Waals surface area contributed by atoms with Crippen LogP contribution in [0.25, 0.3) is 0 Å². The Balaban J connectivity index is 1.48. The van der Waals surface area contributed by atoms with Gasteiger partial charge in [-0.3, -0.25) is 24.2 Å². The standard InChI is InChI=1S/C27H25N3O3S/c1-3-19-10-12-20(13-11-19)28-24(31)16-29-23-7-5-4-6-22(23)27(26(29)33)30(25(32)17-34-27)21-14-8-18(2)9-15-21/h4-15H,3,16-17H2,1-2H3,(H,28,31)/t27-/m0/s1. The molecule has 0 aliphatic carbocycles. The van der Waals surface area contributed by atoms with Crippen molar-refractivity contribution in [2.45, 2.75) is 25.1 Å². The first-order valence-corrected chi connectivity index (χ1v) is 12.3. The Morgan fingerprint density at radius 3 is 2.41 bits per heavy atom. The van der Waals surface area contributed by atoms with E-state index >= 15 is 0 Å². The van der Waals surface area contributed by atoms with Gasteiger partial charge in [-0.25, -0.2) is 0 Å². The normalized spacial score (nSPS) is 19.1. The van der Waals surface area contributed by atoms with Crippen molar-refractivity contribution in [2.75, 3.05) is 27.4 Å². The molecule has 1 fully saturated rings. The fourth-order valence-electron chi connectivity index (χ4n) is 4.57. The lowest BCUT2D eigenvalue weighted by Crippen LogP contribution is -2.50. The molecule has 0 unspecified atom stereocenters. The van der Waals surface area contributed by atoms with Gasteiger partial charge in [0.1, 0.15) is 6.54 Å². The van der Waals surface area contributed by atoms with Crippen LogP contribution in [0.5, 0.6) is 0 Å². The van der Waals surface area contributed by atoms with Crippen LogP contribution in [0.3, 0.4) is 0 Å². The molecule has 6 nitrogen and oxygen atoms in total. The zero-order valence-electron chi connectivity index (χ0n) is 19.1. The number of benzene rings is 3. The molecule has 5 rings (SSSR count). The first-order chi connectivity index (χ1) is 16.4. The van der Waals surface area contributed by atoms with Crippen LogP contribution in [0.2, 0.25) is 0 Å². The highest BCUT2D eigenvalue weighted by molar-refractivity contribution is 8.02. The van der Waals surface area contributed by atoms with Gasteiger partial charge in [0.05, 0.1) is 11.4 Å². The van der Waals surface area contributed by atoms with Crippen LogP contribution < -0.4 is 15.1 Å². The summed E-state index contributed by atoms with van der Waals surface area (Å²) < 4.78 is 0. The van der Waals surface area contributed by atoms with Crippen LogP contribution in [-0.4, -0.2) is 30.0 Å². The molecule has 7 heteroatoms. The van der Waals surface area contributed by atoms with Crippen LogP contribution in [0.4, 0.5) is 17.1 Å². The minimum atomic E-state index is -1.22. The molecule has 3 amide bonds. The van der Waals surface area contributed by atoms with E-state index in [0.29, 0.717) is 17.1 Å². The van der Waals surface area contributed by atoms with Crippen LogP contribution in [0.15, 0.2) is 72.8 Å². The maximum Gasteiger partial charge on any atom is 0.269 e. The van der Waals surface area contributed by atoms with Crippen molar-refractivity contribution in [3.63, 3.8) is 0 Å².